The van der Waals surface area contributed by atoms with Gasteiger partial charge in [0, 0.05) is 79.5 Å². The van der Waals surface area contributed by atoms with E-state index < -0.39 is 47.7 Å². The number of carbonyl (C=O) groups is 6. The van der Waals surface area contributed by atoms with Gasteiger partial charge in [0.05, 0.1) is 50.7 Å². The van der Waals surface area contributed by atoms with E-state index in [1.165, 1.54) is 52.7 Å². The van der Waals surface area contributed by atoms with Crippen molar-refractivity contribution in [3.63, 3.8) is 0 Å². The zero-order valence-electron chi connectivity index (χ0n) is 59.9. The molecule has 0 N–H and O–H groups in total. The summed E-state index contributed by atoms with van der Waals surface area (Å²) < 4.78 is 63.8. The Morgan fingerprint density at radius 2 is 0.539 bits per heavy atom. The van der Waals surface area contributed by atoms with Gasteiger partial charge in [-0.1, -0.05) is 98.5 Å². The summed E-state index contributed by atoms with van der Waals surface area (Å²) in [5.74, 6) is -2.45. The number of esters is 2. The minimum absolute atomic E-state index is 0.0199. The molecule has 102 heavy (non-hydrogen) atoms. The average molecular weight is 1370 g/mol. The molecule has 11 aromatic carbocycles. The molecule has 2 aliphatic heterocycles. The van der Waals surface area contributed by atoms with Gasteiger partial charge in [-0.25, -0.2) is 9.59 Å². The van der Waals surface area contributed by atoms with Gasteiger partial charge in [-0.3, -0.25) is 29.0 Å². The van der Waals surface area contributed by atoms with E-state index in [0.717, 1.165) is 54.3 Å². The number of amides is 4. The van der Waals surface area contributed by atoms with Gasteiger partial charge < -0.3 is 47.4 Å². The van der Waals surface area contributed by atoms with E-state index >= 15 is 28.8 Å². The van der Waals surface area contributed by atoms with E-state index in [1.807, 2.05) is 156 Å². The van der Waals surface area contributed by atoms with Crippen LogP contribution in [0.3, 0.4) is 0 Å². The molecule has 520 valence electrons. The number of aryl methyl sites for hydroxylation is 8. The highest BCUT2D eigenvalue weighted by Crippen LogP contribution is 2.59. The van der Waals surface area contributed by atoms with Gasteiger partial charge in [0.1, 0.15) is 92.6 Å². The highest BCUT2D eigenvalue weighted by Gasteiger charge is 2.47. The first kappa shape index (κ1) is 68.8. The van der Waals surface area contributed by atoms with E-state index in [-0.39, 0.29) is 125 Å². The van der Waals surface area contributed by atoms with Crippen LogP contribution in [0.1, 0.15) is 126 Å². The molecule has 2 atom stereocenters. The molecule has 4 amide bonds. The molecular formula is C84H78N2O16. The first-order chi connectivity index (χ1) is 48.7. The van der Waals surface area contributed by atoms with Crippen LogP contribution in [0, 0.1) is 67.2 Å². The summed E-state index contributed by atoms with van der Waals surface area (Å²) in [6.07, 6.45) is -0.0398. The highest BCUT2D eigenvalue weighted by atomic mass is 16.5. The molecule has 0 aromatic heterocycles. The van der Waals surface area contributed by atoms with Crippen molar-refractivity contribution in [1.29, 1.82) is 0 Å². The van der Waals surface area contributed by atoms with Crippen LogP contribution in [0.25, 0.3) is 43.1 Å². The summed E-state index contributed by atoms with van der Waals surface area (Å²) in [4.78, 5) is 98.1. The predicted molar refractivity (Wildman–Crippen MR) is 389 cm³/mol. The summed E-state index contributed by atoms with van der Waals surface area (Å²) in [5.41, 5.74) is 6.57. The summed E-state index contributed by atoms with van der Waals surface area (Å²) in [7, 11) is 5.85. The van der Waals surface area contributed by atoms with Crippen molar-refractivity contribution < 1.29 is 76.1 Å². The number of hydrogen-bond acceptors (Lipinski definition) is 16. The lowest BCUT2D eigenvalue weighted by atomic mass is 9.80. The SMILES string of the molecule is COc1cc(OC)cc(OC(=O)C(CC(C)C)N2C(=O)c3cc(Oc4ccc(C)cc4C)c4c5c(Oc6ccc(C)cc6C)cc6c7c(cc(Oc8ccc(C)cc8C)c(c8c(Oc9ccc(C)cc9C)cc(c3c48)C2=O)c75)C(=O)N(C(CC(C)C)C(=O)Oc2cc(OC)cc(OC)c2)C6=O)c1. The largest absolute Gasteiger partial charge is 0.496 e. The van der Waals surface area contributed by atoms with Crippen molar-refractivity contribution in [2.45, 2.75) is 108 Å². The van der Waals surface area contributed by atoms with E-state index in [4.69, 9.17) is 47.4 Å². The number of rotatable bonds is 22. The second kappa shape index (κ2) is 27.1. The zero-order chi connectivity index (χ0) is 72.6. The van der Waals surface area contributed by atoms with Crippen LogP contribution in [0.2, 0.25) is 0 Å². The molecular weight excluding hydrogens is 1290 g/mol. The minimum atomic E-state index is -1.51. The van der Waals surface area contributed by atoms with Crippen molar-refractivity contribution in [3.8, 4) is 80.5 Å². The number of methoxy groups -OCH3 is 4. The third-order valence-corrected chi connectivity index (χ3v) is 18.8. The maximum Gasteiger partial charge on any atom is 0.334 e. The van der Waals surface area contributed by atoms with Crippen LogP contribution >= 0.6 is 0 Å². The standard InChI is InChI=1S/C84H78N2O16/c1-41(2)25-61(83(91)97-55-33-51(93-13)31-52(34-55)94-14)85-79(87)57-37-67(99-63-21-17-43(5)27-47(63)9)73-75-69(101-65-23-19-45(7)29-49(65)11)39-59-72-60(82(90)86(81(59)89)62(26-42(3)4)84(92)98-56-35-53(95-15)32-54(36-56)96-16)40-70(102-66-24-20-46(8)30-50(66)12)76(78(72)75)74-68(38-58(80(85)88)71(57)77(73)74)100-64-22-18-44(6)28-48(64)10/h17-24,27-42,61-62H,25-26H2,1-16H3. The maximum atomic E-state index is 16.4. The second-order valence-electron chi connectivity index (χ2n) is 27.4. The third-order valence-electron chi connectivity index (χ3n) is 18.8. The summed E-state index contributed by atoms with van der Waals surface area (Å²) >= 11 is 0. The van der Waals surface area contributed by atoms with E-state index in [0.29, 0.717) is 46.0 Å². The monoisotopic (exact) mass is 1370 g/mol. The van der Waals surface area contributed by atoms with Crippen LogP contribution in [0.5, 0.6) is 80.5 Å². The molecule has 13 rings (SSSR count). The Morgan fingerprint density at radius 3 is 0.755 bits per heavy atom. The lowest BCUT2D eigenvalue weighted by Crippen LogP contribution is -2.52. The number of benzene rings is 11. The van der Waals surface area contributed by atoms with Gasteiger partial charge >= 0.3 is 11.9 Å². The van der Waals surface area contributed by atoms with Crippen molar-refractivity contribution in [1.82, 2.24) is 9.80 Å². The number of carbonyl (C=O) groups excluding carboxylic acids is 6. The number of hydrogen-bond donors (Lipinski definition) is 0. The lowest BCUT2D eigenvalue weighted by molar-refractivity contribution is -0.140. The van der Waals surface area contributed by atoms with Crippen molar-refractivity contribution >= 4 is 78.7 Å². The van der Waals surface area contributed by atoms with E-state index in [9.17, 15) is 0 Å². The Labute approximate surface area is 590 Å². The van der Waals surface area contributed by atoms with Gasteiger partial charge in [0.25, 0.3) is 23.6 Å². The first-order valence-electron chi connectivity index (χ1n) is 33.8. The molecule has 18 heteroatoms. The van der Waals surface area contributed by atoms with Crippen LogP contribution in [-0.4, -0.2) is 85.9 Å². The molecule has 0 bridgehead atoms. The zero-order valence-corrected chi connectivity index (χ0v) is 59.9. The predicted octanol–water partition coefficient (Wildman–Crippen LogP) is 18.6. The molecule has 2 heterocycles. The topological polar surface area (TPSA) is 201 Å². The Hall–Kier alpha value is -11.7. The molecule has 2 unspecified atom stereocenters. The molecule has 11 aromatic rings. The average Bonchev–Trinajstić information content (AvgIpc) is 0.671. The minimum Gasteiger partial charge on any atom is -0.496 e. The lowest BCUT2D eigenvalue weighted by Gasteiger charge is -2.36. The molecule has 0 fully saturated rings. The van der Waals surface area contributed by atoms with Gasteiger partial charge in [0.2, 0.25) is 0 Å². The maximum absolute atomic E-state index is 16.4. The van der Waals surface area contributed by atoms with Crippen molar-refractivity contribution in [3.05, 3.63) is 200 Å². The van der Waals surface area contributed by atoms with Gasteiger partial charge in [0.15, 0.2) is 0 Å². The Kier molecular flexibility index (Phi) is 18.3. The molecule has 0 radical (unpaired) electrons. The summed E-state index contributed by atoms with van der Waals surface area (Å²) in [6, 6.07) is 35.3. The number of fused-ring (bicyclic) bond motifs is 2. The van der Waals surface area contributed by atoms with Crippen molar-refractivity contribution in [2.75, 3.05) is 28.4 Å². The fourth-order valence-electron chi connectivity index (χ4n) is 14.1. The molecule has 0 spiro atoms. The fourth-order valence-corrected chi connectivity index (χ4v) is 14.1. The van der Waals surface area contributed by atoms with Crippen LogP contribution in [0.4, 0.5) is 0 Å². The number of imide groups is 2. The van der Waals surface area contributed by atoms with Crippen molar-refractivity contribution in [2.24, 2.45) is 11.8 Å². The van der Waals surface area contributed by atoms with Gasteiger partial charge in [-0.15, -0.1) is 0 Å². The third kappa shape index (κ3) is 12.5. The Bertz CT molecular complexity index is 4730. The van der Waals surface area contributed by atoms with E-state index in [1.54, 1.807) is 36.4 Å². The summed E-state index contributed by atoms with van der Waals surface area (Å²) in [5, 5.41) is 1.99. The Morgan fingerprint density at radius 1 is 0.304 bits per heavy atom. The van der Waals surface area contributed by atoms with Crippen LogP contribution in [0.15, 0.2) is 133 Å². The summed E-state index contributed by atoms with van der Waals surface area (Å²) in [6.45, 7) is 22.9. The fraction of sp³-hybridized carbons (Fsp3) is 0.262. The van der Waals surface area contributed by atoms with Crippen LogP contribution in [-0.2, 0) is 9.59 Å². The second-order valence-corrected chi connectivity index (χ2v) is 27.4. The first-order valence-corrected chi connectivity index (χ1v) is 33.8. The molecule has 0 aliphatic carbocycles. The quantitative estimate of drug-likeness (QED) is 0.0204. The molecule has 2 aliphatic rings. The Balaban J connectivity index is 1.19. The molecule has 18 nitrogen and oxygen atoms in total. The van der Waals surface area contributed by atoms with Crippen LogP contribution < -0.4 is 47.4 Å². The normalized spacial score (nSPS) is 13.4. The number of ether oxygens (including phenoxy) is 10. The van der Waals surface area contributed by atoms with E-state index in [2.05, 4.69) is 0 Å². The van der Waals surface area contributed by atoms with Gasteiger partial charge in [-0.2, -0.15) is 0 Å². The number of nitrogens with zero attached hydrogens (tertiary/aromatic N) is 2. The van der Waals surface area contributed by atoms with Gasteiger partial charge in [-0.05, 0) is 151 Å². The highest BCUT2D eigenvalue weighted by molar-refractivity contribution is 6.45. The molecule has 0 saturated carbocycles. The molecule has 0 saturated heterocycles. The smallest absolute Gasteiger partial charge is 0.334 e.